The largest absolute Gasteiger partial charge is 0.416 e. The van der Waals surface area contributed by atoms with Gasteiger partial charge in [-0.25, -0.2) is 9.37 Å². The SMILES string of the molecule is O=C(NCc1ccc(C(F)(F)F)cc1)c1csc(C2CCN(C(=O)Cc3ccc(F)cc3)CC2)n1. The summed E-state index contributed by atoms with van der Waals surface area (Å²) in [5.41, 5.74) is 0.858. The van der Waals surface area contributed by atoms with Crippen LogP contribution >= 0.6 is 11.3 Å². The standard InChI is InChI=1S/C25H23F4N3O2S/c26-20-7-3-16(4-8-20)13-22(33)32-11-9-18(10-12-32)24-31-21(15-35-24)23(34)30-14-17-1-5-19(6-2-17)25(27,28)29/h1-8,15,18H,9-14H2,(H,30,34). The van der Waals surface area contributed by atoms with Crippen molar-refractivity contribution in [3.8, 4) is 0 Å². The second-order valence-corrected chi connectivity index (χ2v) is 9.30. The maximum absolute atomic E-state index is 13.0. The van der Waals surface area contributed by atoms with Crippen molar-refractivity contribution in [1.29, 1.82) is 0 Å². The number of carbonyl (C=O) groups is 2. The number of nitrogens with one attached hydrogen (secondary N) is 1. The quantitative estimate of drug-likeness (QED) is 0.470. The Morgan fingerprint density at radius 2 is 1.63 bits per heavy atom. The fourth-order valence-corrected chi connectivity index (χ4v) is 4.90. The zero-order chi connectivity index (χ0) is 25.0. The summed E-state index contributed by atoms with van der Waals surface area (Å²) in [5.74, 6) is -0.582. The van der Waals surface area contributed by atoms with E-state index in [1.165, 1.54) is 35.6 Å². The lowest BCUT2D eigenvalue weighted by Gasteiger charge is -2.31. The van der Waals surface area contributed by atoms with Gasteiger partial charge in [-0.15, -0.1) is 11.3 Å². The Morgan fingerprint density at radius 1 is 1.00 bits per heavy atom. The first-order valence-corrected chi connectivity index (χ1v) is 12.0. The second-order valence-electron chi connectivity index (χ2n) is 8.41. The summed E-state index contributed by atoms with van der Waals surface area (Å²) in [5, 5.41) is 5.19. The summed E-state index contributed by atoms with van der Waals surface area (Å²) in [7, 11) is 0. The molecule has 0 spiro atoms. The Morgan fingerprint density at radius 3 is 2.26 bits per heavy atom. The van der Waals surface area contributed by atoms with Crippen LogP contribution in [0.15, 0.2) is 53.9 Å². The van der Waals surface area contributed by atoms with Gasteiger partial charge in [0, 0.05) is 30.9 Å². The highest BCUT2D eigenvalue weighted by Gasteiger charge is 2.30. The van der Waals surface area contributed by atoms with Crippen molar-refractivity contribution in [2.24, 2.45) is 0 Å². The summed E-state index contributed by atoms with van der Waals surface area (Å²) in [6, 6.07) is 10.5. The topological polar surface area (TPSA) is 62.3 Å². The number of piperidine rings is 1. The first-order valence-electron chi connectivity index (χ1n) is 11.1. The molecule has 0 saturated carbocycles. The fourth-order valence-electron chi connectivity index (χ4n) is 3.93. The van der Waals surface area contributed by atoms with Gasteiger partial charge in [-0.05, 0) is 48.2 Å². The molecular formula is C25H23F4N3O2S. The van der Waals surface area contributed by atoms with Gasteiger partial charge in [0.15, 0.2) is 0 Å². The monoisotopic (exact) mass is 505 g/mol. The summed E-state index contributed by atoms with van der Waals surface area (Å²) in [6.07, 6.45) is -2.71. The third kappa shape index (κ3) is 6.45. The normalized spacial score (nSPS) is 14.7. The molecular weight excluding hydrogens is 482 g/mol. The Bertz CT molecular complexity index is 1170. The van der Waals surface area contributed by atoms with Gasteiger partial charge >= 0.3 is 6.18 Å². The van der Waals surface area contributed by atoms with Crippen molar-refractivity contribution in [3.63, 3.8) is 0 Å². The van der Waals surface area contributed by atoms with E-state index in [1.807, 2.05) is 0 Å². The number of hydrogen-bond donors (Lipinski definition) is 1. The molecule has 1 aliphatic rings. The summed E-state index contributed by atoms with van der Waals surface area (Å²) in [6.45, 7) is 1.26. The van der Waals surface area contributed by atoms with E-state index in [2.05, 4.69) is 10.3 Å². The van der Waals surface area contributed by atoms with Gasteiger partial charge in [-0.2, -0.15) is 13.2 Å². The van der Waals surface area contributed by atoms with E-state index in [1.54, 1.807) is 22.4 Å². The van der Waals surface area contributed by atoms with Gasteiger partial charge in [0.25, 0.3) is 5.91 Å². The molecule has 0 radical (unpaired) electrons. The molecule has 1 N–H and O–H groups in total. The molecule has 0 aliphatic carbocycles. The second kappa shape index (κ2) is 10.6. The molecule has 4 rings (SSSR count). The van der Waals surface area contributed by atoms with Gasteiger partial charge in [0.2, 0.25) is 5.91 Å². The van der Waals surface area contributed by atoms with Crippen LogP contribution in [0.1, 0.15) is 50.9 Å². The van der Waals surface area contributed by atoms with Gasteiger partial charge in [0.05, 0.1) is 17.0 Å². The number of benzene rings is 2. The van der Waals surface area contributed by atoms with Crippen LogP contribution in [0.2, 0.25) is 0 Å². The lowest BCUT2D eigenvalue weighted by molar-refractivity contribution is -0.137. The van der Waals surface area contributed by atoms with Crippen molar-refractivity contribution in [2.45, 2.75) is 37.9 Å². The van der Waals surface area contributed by atoms with Crippen molar-refractivity contribution < 1.29 is 27.2 Å². The van der Waals surface area contributed by atoms with Crippen molar-refractivity contribution in [1.82, 2.24) is 15.2 Å². The Hall–Kier alpha value is -3.27. The lowest BCUT2D eigenvalue weighted by atomic mass is 9.97. The molecule has 2 heterocycles. The van der Waals surface area contributed by atoms with E-state index in [0.717, 1.165) is 35.5 Å². The highest BCUT2D eigenvalue weighted by atomic mass is 32.1. The smallest absolute Gasteiger partial charge is 0.347 e. The highest BCUT2D eigenvalue weighted by molar-refractivity contribution is 7.09. The minimum atomic E-state index is -4.40. The van der Waals surface area contributed by atoms with E-state index in [9.17, 15) is 27.2 Å². The van der Waals surface area contributed by atoms with Gasteiger partial charge in [-0.1, -0.05) is 24.3 Å². The number of carbonyl (C=O) groups excluding carboxylic acids is 2. The fraction of sp³-hybridized carbons (Fsp3) is 0.320. The number of hydrogen-bond acceptors (Lipinski definition) is 4. The molecule has 0 unspecified atom stereocenters. The maximum Gasteiger partial charge on any atom is 0.416 e. The molecule has 2 aromatic carbocycles. The number of likely N-dealkylation sites (tertiary alicyclic amines) is 1. The van der Waals surface area contributed by atoms with E-state index in [-0.39, 0.29) is 42.2 Å². The van der Waals surface area contributed by atoms with Crippen LogP contribution in [0.25, 0.3) is 0 Å². The third-order valence-electron chi connectivity index (χ3n) is 5.95. The zero-order valence-electron chi connectivity index (χ0n) is 18.6. The third-order valence-corrected chi connectivity index (χ3v) is 6.96. The number of nitrogens with zero attached hydrogens (tertiary/aromatic N) is 2. The molecule has 0 atom stereocenters. The molecule has 0 bridgehead atoms. The van der Waals surface area contributed by atoms with Crippen LogP contribution in [-0.4, -0.2) is 34.8 Å². The van der Waals surface area contributed by atoms with Crippen LogP contribution in [0.5, 0.6) is 0 Å². The summed E-state index contributed by atoms with van der Waals surface area (Å²) >= 11 is 1.39. The first kappa shape index (κ1) is 24.8. The lowest BCUT2D eigenvalue weighted by Crippen LogP contribution is -2.38. The maximum atomic E-state index is 13.0. The number of halogens is 4. The molecule has 10 heteroatoms. The summed E-state index contributed by atoms with van der Waals surface area (Å²) < 4.78 is 51.0. The van der Waals surface area contributed by atoms with Crippen LogP contribution in [-0.2, 0) is 23.9 Å². The van der Waals surface area contributed by atoms with Crippen molar-refractivity contribution >= 4 is 23.2 Å². The van der Waals surface area contributed by atoms with Crippen molar-refractivity contribution in [2.75, 3.05) is 13.1 Å². The minimum Gasteiger partial charge on any atom is -0.347 e. The van der Waals surface area contributed by atoms with Crippen LogP contribution in [0.3, 0.4) is 0 Å². The van der Waals surface area contributed by atoms with Crippen LogP contribution in [0, 0.1) is 5.82 Å². The van der Waals surface area contributed by atoms with Gasteiger partial charge in [-0.3, -0.25) is 9.59 Å². The Kier molecular flexibility index (Phi) is 7.49. The Balaban J connectivity index is 1.26. The van der Waals surface area contributed by atoms with E-state index in [0.29, 0.717) is 18.7 Å². The van der Waals surface area contributed by atoms with E-state index in [4.69, 9.17) is 0 Å². The molecule has 1 fully saturated rings. The first-order chi connectivity index (χ1) is 16.7. The molecule has 1 aliphatic heterocycles. The summed E-state index contributed by atoms with van der Waals surface area (Å²) in [4.78, 5) is 31.3. The van der Waals surface area contributed by atoms with E-state index < -0.39 is 11.7 Å². The average molecular weight is 506 g/mol. The molecule has 2 amide bonds. The molecule has 1 aromatic heterocycles. The predicted molar refractivity (Wildman–Crippen MR) is 123 cm³/mol. The predicted octanol–water partition coefficient (Wildman–Crippen LogP) is 5.18. The van der Waals surface area contributed by atoms with Crippen molar-refractivity contribution in [3.05, 3.63) is 87.1 Å². The van der Waals surface area contributed by atoms with E-state index >= 15 is 0 Å². The molecule has 1 saturated heterocycles. The molecule has 35 heavy (non-hydrogen) atoms. The van der Waals surface area contributed by atoms with Gasteiger partial charge < -0.3 is 10.2 Å². The molecule has 3 aromatic rings. The number of thiazole rings is 1. The van der Waals surface area contributed by atoms with Gasteiger partial charge in [0.1, 0.15) is 11.5 Å². The molecule has 184 valence electrons. The van der Waals surface area contributed by atoms with Crippen LogP contribution in [0.4, 0.5) is 17.6 Å². The number of amides is 2. The Labute approximate surface area is 203 Å². The molecule has 5 nitrogen and oxygen atoms in total. The minimum absolute atomic E-state index is 0.00229. The van der Waals surface area contributed by atoms with Crippen LogP contribution < -0.4 is 5.32 Å². The zero-order valence-corrected chi connectivity index (χ0v) is 19.5. The average Bonchev–Trinajstić information content (AvgIpc) is 3.34. The highest BCUT2D eigenvalue weighted by Crippen LogP contribution is 2.31. The number of aromatic nitrogens is 1. The number of rotatable bonds is 6. The number of alkyl halides is 3.